The molecule has 1 aliphatic heterocycles. The number of amides is 1. The Morgan fingerprint density at radius 1 is 1.35 bits per heavy atom. The molecule has 2 aromatic rings. The number of hydrogen-bond acceptors (Lipinski definition) is 2. The fourth-order valence-corrected chi connectivity index (χ4v) is 3.38. The summed E-state index contributed by atoms with van der Waals surface area (Å²) in [4.78, 5) is 17.7. The number of benzene rings is 1. The van der Waals surface area contributed by atoms with E-state index in [9.17, 15) is 9.90 Å². The number of aromatic nitrogens is 1. The molecule has 2 heterocycles. The van der Waals surface area contributed by atoms with Crippen molar-refractivity contribution in [1.29, 1.82) is 0 Å². The van der Waals surface area contributed by atoms with Crippen molar-refractivity contribution in [1.82, 2.24) is 9.88 Å². The minimum atomic E-state index is -0.607. The van der Waals surface area contributed by atoms with Crippen molar-refractivity contribution in [3.05, 3.63) is 36.0 Å². The molecule has 4 nitrogen and oxygen atoms in total. The zero-order valence-electron chi connectivity index (χ0n) is 11.3. The second kappa shape index (κ2) is 4.09. The summed E-state index contributed by atoms with van der Waals surface area (Å²) in [6.07, 6.45) is 5.46. The third-order valence-electron chi connectivity index (χ3n) is 4.70. The summed E-state index contributed by atoms with van der Waals surface area (Å²) in [5.74, 6) is 0.0518. The van der Waals surface area contributed by atoms with E-state index < -0.39 is 5.60 Å². The molecule has 1 amide bonds. The minimum absolute atomic E-state index is 0.0110. The van der Waals surface area contributed by atoms with Crippen LogP contribution in [-0.2, 0) is 0 Å². The molecule has 0 spiro atoms. The quantitative estimate of drug-likeness (QED) is 0.879. The summed E-state index contributed by atoms with van der Waals surface area (Å²) in [7, 11) is 0. The van der Waals surface area contributed by atoms with Gasteiger partial charge in [0.1, 0.15) is 0 Å². The average molecular weight is 270 g/mol. The highest BCUT2D eigenvalue weighted by Crippen LogP contribution is 2.44. The first kappa shape index (κ1) is 12.0. The predicted molar refractivity (Wildman–Crippen MR) is 76.5 cm³/mol. The molecule has 4 heteroatoms. The molecular formula is C16H18N2O2. The van der Waals surface area contributed by atoms with E-state index >= 15 is 0 Å². The predicted octanol–water partition coefficient (Wildman–Crippen LogP) is 2.30. The first-order chi connectivity index (χ1) is 9.67. The molecule has 2 aliphatic rings. The van der Waals surface area contributed by atoms with Gasteiger partial charge in [-0.15, -0.1) is 0 Å². The highest BCUT2D eigenvalue weighted by molar-refractivity contribution is 5.98. The Kier molecular flexibility index (Phi) is 2.45. The van der Waals surface area contributed by atoms with Gasteiger partial charge >= 0.3 is 0 Å². The van der Waals surface area contributed by atoms with Crippen LogP contribution in [0.4, 0.5) is 0 Å². The summed E-state index contributed by atoms with van der Waals surface area (Å²) >= 11 is 0. The number of carbonyl (C=O) groups excluding carboxylic acids is 1. The topological polar surface area (TPSA) is 56.3 Å². The van der Waals surface area contributed by atoms with Crippen LogP contribution in [0.1, 0.15) is 36.0 Å². The lowest BCUT2D eigenvalue weighted by Gasteiger charge is -2.28. The number of H-pyrrole nitrogens is 1. The lowest BCUT2D eigenvalue weighted by Crippen LogP contribution is -2.44. The lowest BCUT2D eigenvalue weighted by atomic mass is 10.1. The summed E-state index contributed by atoms with van der Waals surface area (Å²) in [5, 5.41) is 11.4. The van der Waals surface area contributed by atoms with Gasteiger partial charge in [-0.05, 0) is 49.9 Å². The maximum atomic E-state index is 12.7. The zero-order valence-corrected chi connectivity index (χ0v) is 11.3. The standard InChI is InChI=1S/C16H18N2O2/c19-15(12-3-4-13-11(10-12)5-8-17-13)18-9-1-2-14(18)16(20)6-7-16/h3-5,8,10,14,17,20H,1-2,6-7,9H2. The Morgan fingerprint density at radius 3 is 3.00 bits per heavy atom. The molecule has 0 bridgehead atoms. The fourth-order valence-electron chi connectivity index (χ4n) is 3.38. The van der Waals surface area contributed by atoms with Crippen molar-refractivity contribution < 1.29 is 9.90 Å². The number of aliphatic hydroxyl groups is 1. The van der Waals surface area contributed by atoms with Gasteiger partial charge in [0.25, 0.3) is 5.91 Å². The van der Waals surface area contributed by atoms with Crippen LogP contribution in [-0.4, -0.2) is 39.1 Å². The van der Waals surface area contributed by atoms with E-state index in [4.69, 9.17) is 0 Å². The molecule has 1 atom stereocenters. The summed E-state index contributed by atoms with van der Waals surface area (Å²) < 4.78 is 0. The van der Waals surface area contributed by atoms with Crippen LogP contribution in [0.3, 0.4) is 0 Å². The molecule has 1 aromatic heterocycles. The third kappa shape index (κ3) is 1.75. The van der Waals surface area contributed by atoms with Gasteiger partial charge < -0.3 is 15.0 Å². The molecule has 2 fully saturated rings. The first-order valence-corrected chi connectivity index (χ1v) is 7.28. The van der Waals surface area contributed by atoms with E-state index in [1.54, 1.807) is 0 Å². The number of nitrogens with one attached hydrogen (secondary N) is 1. The fraction of sp³-hybridized carbons (Fsp3) is 0.438. The Bertz CT molecular complexity index is 672. The zero-order chi connectivity index (χ0) is 13.7. The molecule has 4 rings (SSSR count). The lowest BCUT2D eigenvalue weighted by molar-refractivity contribution is 0.0386. The SMILES string of the molecule is O=C(c1ccc2[nH]ccc2c1)N1CCCC1C1(O)CC1. The Balaban J connectivity index is 1.65. The van der Waals surface area contributed by atoms with Gasteiger partial charge in [-0.25, -0.2) is 0 Å². The van der Waals surface area contributed by atoms with Crippen LogP contribution in [0.15, 0.2) is 30.5 Å². The van der Waals surface area contributed by atoms with Crippen LogP contribution >= 0.6 is 0 Å². The second-order valence-electron chi connectivity index (χ2n) is 6.04. The maximum Gasteiger partial charge on any atom is 0.254 e. The van der Waals surface area contributed by atoms with Crippen molar-refractivity contribution in [2.24, 2.45) is 0 Å². The van der Waals surface area contributed by atoms with Gasteiger partial charge in [-0.3, -0.25) is 4.79 Å². The third-order valence-corrected chi connectivity index (χ3v) is 4.70. The number of carbonyl (C=O) groups is 1. The van der Waals surface area contributed by atoms with Gasteiger partial charge in [0.2, 0.25) is 0 Å². The van der Waals surface area contributed by atoms with Gasteiger partial charge in [0, 0.05) is 29.2 Å². The molecule has 2 N–H and O–H groups in total. The van der Waals surface area contributed by atoms with E-state index in [0.717, 1.165) is 43.1 Å². The number of rotatable bonds is 2. The molecule has 1 saturated heterocycles. The average Bonchev–Trinajstić information content (AvgIpc) is 2.93. The number of aromatic amines is 1. The minimum Gasteiger partial charge on any atom is -0.388 e. The Labute approximate surface area is 117 Å². The van der Waals surface area contributed by atoms with Crippen LogP contribution in [0.25, 0.3) is 10.9 Å². The largest absolute Gasteiger partial charge is 0.388 e. The van der Waals surface area contributed by atoms with E-state index in [-0.39, 0.29) is 11.9 Å². The van der Waals surface area contributed by atoms with E-state index in [0.29, 0.717) is 5.56 Å². The molecule has 1 saturated carbocycles. The smallest absolute Gasteiger partial charge is 0.254 e. The van der Waals surface area contributed by atoms with Crippen molar-refractivity contribution in [2.75, 3.05) is 6.54 Å². The highest BCUT2D eigenvalue weighted by Gasteiger charge is 2.52. The highest BCUT2D eigenvalue weighted by atomic mass is 16.3. The van der Waals surface area contributed by atoms with Gasteiger partial charge in [-0.2, -0.15) is 0 Å². The summed E-state index contributed by atoms with van der Waals surface area (Å²) in [5.41, 5.74) is 1.15. The van der Waals surface area contributed by atoms with Crippen LogP contribution in [0.2, 0.25) is 0 Å². The van der Waals surface area contributed by atoms with Crippen LogP contribution in [0.5, 0.6) is 0 Å². The number of likely N-dealkylation sites (tertiary alicyclic amines) is 1. The number of fused-ring (bicyclic) bond motifs is 1. The van der Waals surface area contributed by atoms with Gasteiger partial charge in [0.05, 0.1) is 11.6 Å². The van der Waals surface area contributed by atoms with Crippen molar-refractivity contribution in [3.8, 4) is 0 Å². The Hall–Kier alpha value is -1.81. The monoisotopic (exact) mass is 270 g/mol. The molecule has 1 unspecified atom stereocenters. The molecule has 1 aromatic carbocycles. The molecular weight excluding hydrogens is 252 g/mol. The van der Waals surface area contributed by atoms with Gasteiger partial charge in [-0.1, -0.05) is 0 Å². The van der Waals surface area contributed by atoms with Crippen molar-refractivity contribution in [3.63, 3.8) is 0 Å². The van der Waals surface area contributed by atoms with Crippen molar-refractivity contribution >= 4 is 16.8 Å². The summed E-state index contributed by atoms with van der Waals surface area (Å²) in [6.45, 7) is 0.761. The van der Waals surface area contributed by atoms with Crippen LogP contribution in [0, 0.1) is 0 Å². The maximum absolute atomic E-state index is 12.7. The van der Waals surface area contributed by atoms with Crippen LogP contribution < -0.4 is 0 Å². The van der Waals surface area contributed by atoms with Crippen molar-refractivity contribution in [2.45, 2.75) is 37.3 Å². The number of hydrogen-bond donors (Lipinski definition) is 2. The normalized spacial score (nSPS) is 24.2. The Morgan fingerprint density at radius 2 is 2.20 bits per heavy atom. The van der Waals surface area contributed by atoms with E-state index in [1.807, 2.05) is 35.4 Å². The first-order valence-electron chi connectivity index (χ1n) is 7.28. The molecule has 1 aliphatic carbocycles. The molecule has 104 valence electrons. The number of nitrogens with zero attached hydrogens (tertiary/aromatic N) is 1. The van der Waals surface area contributed by atoms with Gasteiger partial charge in [0.15, 0.2) is 0 Å². The second-order valence-corrected chi connectivity index (χ2v) is 6.04. The van der Waals surface area contributed by atoms with E-state index in [1.165, 1.54) is 0 Å². The van der Waals surface area contributed by atoms with E-state index in [2.05, 4.69) is 4.98 Å². The molecule has 0 radical (unpaired) electrons. The molecule has 20 heavy (non-hydrogen) atoms. The summed E-state index contributed by atoms with van der Waals surface area (Å²) in [6, 6.07) is 7.73.